The van der Waals surface area contributed by atoms with Crippen molar-refractivity contribution in [3.05, 3.63) is 75.8 Å². The number of rotatable bonds is 8. The summed E-state index contributed by atoms with van der Waals surface area (Å²) in [4.78, 5) is 34.3. The van der Waals surface area contributed by atoms with Gasteiger partial charge in [0.1, 0.15) is 6.04 Å². The van der Waals surface area contributed by atoms with Crippen molar-refractivity contribution in [2.75, 3.05) is 7.11 Å². The molecule has 0 unspecified atom stereocenters. The Morgan fingerprint density at radius 2 is 1.73 bits per heavy atom. The predicted molar refractivity (Wildman–Crippen MR) is 95.5 cm³/mol. The van der Waals surface area contributed by atoms with E-state index in [0.717, 1.165) is 5.56 Å². The summed E-state index contributed by atoms with van der Waals surface area (Å²) in [6, 6.07) is 14.6. The number of benzene rings is 2. The average Bonchev–Trinajstić information content (AvgIpc) is 2.66. The van der Waals surface area contributed by atoms with Crippen LogP contribution in [0, 0.1) is 10.1 Å². The van der Waals surface area contributed by atoms with Crippen molar-refractivity contribution in [3.8, 4) is 0 Å². The number of nitro groups is 1. The lowest BCUT2D eigenvalue weighted by Gasteiger charge is -2.16. The first-order valence-electron chi connectivity index (χ1n) is 8.14. The number of hydrogen-bond acceptors (Lipinski definition) is 5. The molecule has 7 nitrogen and oxygen atoms in total. The summed E-state index contributed by atoms with van der Waals surface area (Å²) in [5.74, 6) is -0.817. The fraction of sp³-hybridized carbons (Fsp3) is 0.263. The van der Waals surface area contributed by atoms with E-state index in [1.54, 1.807) is 12.1 Å². The highest BCUT2D eigenvalue weighted by Crippen LogP contribution is 2.14. The minimum absolute atomic E-state index is 0.0322. The van der Waals surface area contributed by atoms with Gasteiger partial charge in [-0.1, -0.05) is 42.5 Å². The molecular formula is C19H20N2O5. The minimum Gasteiger partial charge on any atom is -0.467 e. The van der Waals surface area contributed by atoms with Crippen LogP contribution in [0.5, 0.6) is 0 Å². The number of aryl methyl sites for hydroxylation is 1. The summed E-state index contributed by atoms with van der Waals surface area (Å²) >= 11 is 0. The van der Waals surface area contributed by atoms with Gasteiger partial charge in [0.05, 0.1) is 12.0 Å². The number of carbonyl (C=O) groups is 2. The van der Waals surface area contributed by atoms with E-state index < -0.39 is 16.9 Å². The van der Waals surface area contributed by atoms with Gasteiger partial charge in [0.2, 0.25) is 5.91 Å². The van der Waals surface area contributed by atoms with E-state index in [9.17, 15) is 19.7 Å². The Morgan fingerprint density at radius 1 is 1.08 bits per heavy atom. The average molecular weight is 356 g/mol. The maximum absolute atomic E-state index is 12.2. The predicted octanol–water partition coefficient (Wildman–Crippen LogP) is 2.43. The van der Waals surface area contributed by atoms with Crippen LogP contribution in [0.15, 0.2) is 54.6 Å². The number of ether oxygens (including phenoxy) is 1. The van der Waals surface area contributed by atoms with E-state index in [0.29, 0.717) is 12.0 Å². The fourth-order valence-corrected chi connectivity index (χ4v) is 2.49. The van der Waals surface area contributed by atoms with Gasteiger partial charge in [-0.15, -0.1) is 0 Å². The number of amides is 1. The molecule has 0 aliphatic rings. The molecule has 2 aromatic carbocycles. The van der Waals surface area contributed by atoms with Gasteiger partial charge in [-0.3, -0.25) is 14.9 Å². The molecule has 0 radical (unpaired) electrons. The molecule has 1 N–H and O–H groups in total. The zero-order chi connectivity index (χ0) is 18.9. The van der Waals surface area contributed by atoms with Crippen LogP contribution in [0.25, 0.3) is 0 Å². The molecule has 0 saturated carbocycles. The first-order valence-corrected chi connectivity index (χ1v) is 8.14. The van der Waals surface area contributed by atoms with Crippen LogP contribution < -0.4 is 5.32 Å². The summed E-state index contributed by atoms with van der Waals surface area (Å²) in [5.41, 5.74) is 1.69. The molecule has 26 heavy (non-hydrogen) atoms. The summed E-state index contributed by atoms with van der Waals surface area (Å²) in [6.07, 6.45) is 1.01. The zero-order valence-corrected chi connectivity index (χ0v) is 14.4. The van der Waals surface area contributed by atoms with Crippen LogP contribution in [-0.4, -0.2) is 30.0 Å². The zero-order valence-electron chi connectivity index (χ0n) is 14.4. The quantitative estimate of drug-likeness (QED) is 0.445. The number of nitrogens with one attached hydrogen (secondary N) is 1. The van der Waals surface area contributed by atoms with Gasteiger partial charge in [-0.2, -0.15) is 0 Å². The van der Waals surface area contributed by atoms with E-state index in [4.69, 9.17) is 4.74 Å². The van der Waals surface area contributed by atoms with E-state index in [1.165, 1.54) is 19.2 Å². The van der Waals surface area contributed by atoms with Gasteiger partial charge in [-0.25, -0.2) is 4.79 Å². The van der Waals surface area contributed by atoms with Crippen LogP contribution in [0.1, 0.15) is 17.5 Å². The number of nitro benzene ring substituents is 1. The molecule has 1 atom stereocenters. The molecule has 0 bridgehead atoms. The van der Waals surface area contributed by atoms with E-state index in [2.05, 4.69) is 5.32 Å². The summed E-state index contributed by atoms with van der Waals surface area (Å²) in [6.45, 7) is 0. The van der Waals surface area contributed by atoms with Gasteiger partial charge >= 0.3 is 5.97 Å². The Bertz CT molecular complexity index is 759. The number of non-ortho nitro benzene ring substituents is 1. The highest BCUT2D eigenvalue weighted by molar-refractivity contribution is 5.84. The topological polar surface area (TPSA) is 98.5 Å². The first-order chi connectivity index (χ1) is 12.5. The molecule has 1 amide bonds. The van der Waals surface area contributed by atoms with Crippen LogP contribution in [-0.2, 0) is 27.2 Å². The van der Waals surface area contributed by atoms with Crippen LogP contribution in [0.2, 0.25) is 0 Å². The van der Waals surface area contributed by atoms with Crippen molar-refractivity contribution in [2.45, 2.75) is 25.3 Å². The third-order valence-electron chi connectivity index (χ3n) is 3.89. The molecule has 136 valence electrons. The van der Waals surface area contributed by atoms with Gasteiger partial charge < -0.3 is 10.1 Å². The van der Waals surface area contributed by atoms with Crippen molar-refractivity contribution in [3.63, 3.8) is 0 Å². The van der Waals surface area contributed by atoms with Gasteiger partial charge in [0.25, 0.3) is 5.69 Å². The van der Waals surface area contributed by atoms with E-state index >= 15 is 0 Å². The van der Waals surface area contributed by atoms with Crippen LogP contribution >= 0.6 is 0 Å². The standard InChI is InChI=1S/C19H20N2O5/c1-26-19(23)17(13-15-7-10-16(11-8-15)21(24)25)20-18(22)12-9-14-5-3-2-4-6-14/h2-8,10-11,17H,9,12-13H2,1H3,(H,20,22)/t17-/m0/s1. The molecule has 0 aromatic heterocycles. The maximum Gasteiger partial charge on any atom is 0.328 e. The van der Waals surface area contributed by atoms with Crippen LogP contribution in [0.4, 0.5) is 5.69 Å². The maximum atomic E-state index is 12.2. The molecular weight excluding hydrogens is 336 g/mol. The summed E-state index contributed by atoms with van der Waals surface area (Å²) < 4.78 is 4.75. The SMILES string of the molecule is COC(=O)[C@H](Cc1ccc([N+](=O)[O-])cc1)NC(=O)CCc1ccccc1. The molecule has 0 aliphatic carbocycles. The number of nitrogens with zero attached hydrogens (tertiary/aromatic N) is 1. The normalized spacial score (nSPS) is 11.4. The molecule has 0 spiro atoms. The van der Waals surface area contributed by atoms with Crippen LogP contribution in [0.3, 0.4) is 0 Å². The monoisotopic (exact) mass is 356 g/mol. The number of esters is 1. The molecule has 2 rings (SSSR count). The van der Waals surface area contributed by atoms with Gasteiger partial charge in [-0.05, 0) is 17.5 Å². The highest BCUT2D eigenvalue weighted by Gasteiger charge is 2.22. The fourth-order valence-electron chi connectivity index (χ4n) is 2.49. The smallest absolute Gasteiger partial charge is 0.328 e. The van der Waals surface area contributed by atoms with Crippen molar-refractivity contribution in [2.24, 2.45) is 0 Å². The van der Waals surface area contributed by atoms with E-state index in [1.807, 2.05) is 30.3 Å². The number of hydrogen-bond donors (Lipinski definition) is 1. The van der Waals surface area contributed by atoms with Crippen molar-refractivity contribution < 1.29 is 19.2 Å². The third-order valence-corrected chi connectivity index (χ3v) is 3.89. The Balaban J connectivity index is 1.96. The minimum atomic E-state index is -0.843. The lowest BCUT2D eigenvalue weighted by atomic mass is 10.0. The molecule has 0 aliphatic heterocycles. The van der Waals surface area contributed by atoms with Crippen molar-refractivity contribution in [1.29, 1.82) is 0 Å². The lowest BCUT2D eigenvalue weighted by molar-refractivity contribution is -0.384. The molecule has 0 fully saturated rings. The van der Waals surface area contributed by atoms with Crippen molar-refractivity contribution in [1.82, 2.24) is 5.32 Å². The second-order valence-electron chi connectivity index (χ2n) is 5.76. The van der Waals surface area contributed by atoms with E-state index in [-0.39, 0.29) is 24.4 Å². The lowest BCUT2D eigenvalue weighted by Crippen LogP contribution is -2.43. The first kappa shape index (κ1) is 19.1. The highest BCUT2D eigenvalue weighted by atomic mass is 16.6. The Morgan fingerprint density at radius 3 is 2.31 bits per heavy atom. The number of methoxy groups -OCH3 is 1. The second-order valence-corrected chi connectivity index (χ2v) is 5.76. The Hall–Kier alpha value is -3.22. The Kier molecular flexibility index (Phi) is 6.84. The molecule has 7 heteroatoms. The Labute approximate surface area is 151 Å². The summed E-state index contributed by atoms with van der Waals surface area (Å²) in [7, 11) is 1.25. The second kappa shape index (κ2) is 9.31. The molecule has 2 aromatic rings. The van der Waals surface area contributed by atoms with Crippen molar-refractivity contribution >= 4 is 17.6 Å². The molecule has 0 saturated heterocycles. The summed E-state index contributed by atoms with van der Waals surface area (Å²) in [5, 5.41) is 13.4. The van der Waals surface area contributed by atoms with Gasteiger partial charge in [0.15, 0.2) is 0 Å². The third kappa shape index (κ3) is 5.70. The largest absolute Gasteiger partial charge is 0.467 e. The number of carbonyl (C=O) groups excluding carboxylic acids is 2. The molecule has 0 heterocycles. The van der Waals surface area contributed by atoms with Gasteiger partial charge in [0, 0.05) is 25.0 Å².